The minimum atomic E-state index is -3.70. The van der Waals surface area contributed by atoms with Crippen LogP contribution in [0.4, 0.5) is 5.69 Å². The summed E-state index contributed by atoms with van der Waals surface area (Å²) in [5, 5.41) is 10.2. The molecule has 8 heteroatoms. The van der Waals surface area contributed by atoms with E-state index in [0.29, 0.717) is 10.9 Å². The van der Waals surface area contributed by atoms with Crippen molar-refractivity contribution in [3.63, 3.8) is 0 Å². The standard InChI is InChI=1S/C11H14BrClN2O3S/c1-2-11(16)5-15(6-11)19(17,18)9-4-7(13)3-8(14)10(9)12/h3-4,16H,2,5-6,14H2,1H3. The Morgan fingerprint density at radius 3 is 2.63 bits per heavy atom. The van der Waals surface area contributed by atoms with Crippen LogP contribution < -0.4 is 5.73 Å². The van der Waals surface area contributed by atoms with Gasteiger partial charge >= 0.3 is 0 Å². The second-order valence-corrected chi connectivity index (χ2v) is 7.79. The Labute approximate surface area is 125 Å². The maximum Gasteiger partial charge on any atom is 0.244 e. The minimum absolute atomic E-state index is 0.0238. The number of nitrogen functional groups attached to an aromatic ring is 1. The van der Waals surface area contributed by atoms with Crippen molar-refractivity contribution in [2.24, 2.45) is 0 Å². The van der Waals surface area contributed by atoms with Crippen molar-refractivity contribution in [2.45, 2.75) is 23.8 Å². The van der Waals surface area contributed by atoms with Crippen molar-refractivity contribution < 1.29 is 13.5 Å². The lowest BCUT2D eigenvalue weighted by atomic mass is 9.94. The van der Waals surface area contributed by atoms with Gasteiger partial charge in [-0.25, -0.2) is 8.42 Å². The minimum Gasteiger partial charge on any atom is -0.398 e. The molecule has 1 aromatic rings. The molecule has 1 saturated heterocycles. The number of anilines is 1. The molecule has 1 heterocycles. The summed E-state index contributed by atoms with van der Waals surface area (Å²) < 4.78 is 26.3. The first-order chi connectivity index (χ1) is 8.69. The molecule has 1 fully saturated rings. The van der Waals surface area contributed by atoms with E-state index in [9.17, 15) is 13.5 Å². The third-order valence-corrected chi connectivity index (χ3v) is 6.43. The predicted molar refractivity (Wildman–Crippen MR) is 77.6 cm³/mol. The normalized spacial score (nSPS) is 19.2. The quantitative estimate of drug-likeness (QED) is 0.796. The van der Waals surface area contributed by atoms with Crippen molar-refractivity contribution in [3.05, 3.63) is 21.6 Å². The van der Waals surface area contributed by atoms with E-state index in [0.717, 1.165) is 0 Å². The van der Waals surface area contributed by atoms with E-state index in [1.54, 1.807) is 0 Å². The van der Waals surface area contributed by atoms with E-state index < -0.39 is 15.6 Å². The van der Waals surface area contributed by atoms with Crippen molar-refractivity contribution in [1.29, 1.82) is 0 Å². The molecule has 106 valence electrons. The van der Waals surface area contributed by atoms with E-state index in [4.69, 9.17) is 17.3 Å². The average Bonchev–Trinajstić information content (AvgIpc) is 2.29. The topological polar surface area (TPSA) is 83.6 Å². The van der Waals surface area contributed by atoms with Crippen LogP contribution in [0.3, 0.4) is 0 Å². The zero-order valence-corrected chi connectivity index (χ0v) is 13.4. The Bertz CT molecular complexity index is 615. The number of hydrogen-bond acceptors (Lipinski definition) is 4. The number of halogens is 2. The molecule has 5 nitrogen and oxygen atoms in total. The Balaban J connectivity index is 2.37. The summed E-state index contributed by atoms with van der Waals surface area (Å²) in [4.78, 5) is 0.0238. The smallest absolute Gasteiger partial charge is 0.244 e. The largest absolute Gasteiger partial charge is 0.398 e. The third-order valence-electron chi connectivity index (χ3n) is 3.25. The van der Waals surface area contributed by atoms with Crippen molar-refractivity contribution >= 4 is 43.2 Å². The first-order valence-corrected chi connectivity index (χ1v) is 8.28. The summed E-state index contributed by atoms with van der Waals surface area (Å²) in [6, 6.07) is 2.82. The summed E-state index contributed by atoms with van der Waals surface area (Å²) in [5.74, 6) is 0. The Morgan fingerprint density at radius 1 is 1.53 bits per heavy atom. The molecule has 0 atom stereocenters. The number of nitrogens with two attached hydrogens (primary N) is 1. The average molecular weight is 370 g/mol. The van der Waals surface area contributed by atoms with Gasteiger partial charge in [-0.05, 0) is 34.5 Å². The van der Waals surface area contributed by atoms with Gasteiger partial charge in [-0.2, -0.15) is 4.31 Å². The second kappa shape index (κ2) is 4.89. The van der Waals surface area contributed by atoms with Gasteiger partial charge in [-0.3, -0.25) is 0 Å². The molecule has 1 aliphatic heterocycles. The van der Waals surface area contributed by atoms with Gasteiger partial charge in [0.1, 0.15) is 0 Å². The highest BCUT2D eigenvalue weighted by atomic mass is 79.9. The Hall–Kier alpha value is -0.340. The first-order valence-electron chi connectivity index (χ1n) is 5.67. The molecule has 0 spiro atoms. The molecule has 0 saturated carbocycles. The third kappa shape index (κ3) is 2.62. The molecule has 0 aliphatic carbocycles. The molecule has 2 rings (SSSR count). The van der Waals surface area contributed by atoms with Crippen molar-refractivity contribution in [3.8, 4) is 0 Å². The highest BCUT2D eigenvalue weighted by Crippen LogP contribution is 2.36. The van der Waals surface area contributed by atoms with E-state index in [2.05, 4.69) is 15.9 Å². The van der Waals surface area contributed by atoms with Crippen LogP contribution in [0.2, 0.25) is 5.02 Å². The monoisotopic (exact) mass is 368 g/mol. The van der Waals surface area contributed by atoms with Gasteiger partial charge < -0.3 is 10.8 Å². The van der Waals surface area contributed by atoms with Gasteiger partial charge in [0.05, 0.1) is 15.0 Å². The zero-order chi connectivity index (χ0) is 14.4. The maximum atomic E-state index is 12.4. The van der Waals surface area contributed by atoms with Crippen LogP contribution in [0.5, 0.6) is 0 Å². The molecule has 0 bridgehead atoms. The molecular weight excluding hydrogens is 356 g/mol. The summed E-state index contributed by atoms with van der Waals surface area (Å²) in [6.07, 6.45) is 0.512. The molecule has 0 amide bonds. The predicted octanol–water partition coefficient (Wildman–Crippen LogP) is 1.83. The first kappa shape index (κ1) is 15.1. The number of nitrogens with zero attached hydrogens (tertiary/aromatic N) is 1. The lowest BCUT2D eigenvalue weighted by Crippen LogP contribution is -2.62. The molecule has 0 radical (unpaired) electrons. The van der Waals surface area contributed by atoms with Gasteiger partial charge in [0, 0.05) is 23.8 Å². The van der Waals surface area contributed by atoms with Crippen LogP contribution in [-0.4, -0.2) is 36.5 Å². The SMILES string of the molecule is CCC1(O)CN(S(=O)(=O)c2cc(Cl)cc(N)c2Br)C1. The summed E-state index contributed by atoms with van der Waals surface area (Å²) in [6.45, 7) is 1.99. The lowest BCUT2D eigenvalue weighted by Gasteiger charge is -2.44. The van der Waals surface area contributed by atoms with Crippen LogP contribution in [0, 0.1) is 0 Å². The highest BCUT2D eigenvalue weighted by molar-refractivity contribution is 9.10. The second-order valence-electron chi connectivity index (χ2n) is 4.66. The van der Waals surface area contributed by atoms with E-state index in [1.165, 1.54) is 16.4 Å². The number of benzene rings is 1. The fraction of sp³-hybridized carbons (Fsp3) is 0.455. The van der Waals surface area contributed by atoms with Gasteiger partial charge in [-0.1, -0.05) is 18.5 Å². The number of hydrogen-bond donors (Lipinski definition) is 2. The van der Waals surface area contributed by atoms with Gasteiger partial charge in [0.2, 0.25) is 10.0 Å². The number of sulfonamides is 1. The van der Waals surface area contributed by atoms with E-state index in [1.807, 2.05) is 6.92 Å². The fourth-order valence-corrected chi connectivity index (χ4v) is 4.77. The Morgan fingerprint density at radius 2 is 2.11 bits per heavy atom. The van der Waals surface area contributed by atoms with Gasteiger partial charge in [0.25, 0.3) is 0 Å². The number of β-amino-alcohol motifs (C(OH)–C–C–N with tert-alkyl or cyclic N) is 1. The number of aliphatic hydroxyl groups is 1. The molecule has 0 unspecified atom stereocenters. The summed E-state index contributed by atoms with van der Waals surface area (Å²) in [7, 11) is -3.70. The van der Waals surface area contributed by atoms with Gasteiger partial charge in [-0.15, -0.1) is 0 Å². The van der Waals surface area contributed by atoms with Crippen molar-refractivity contribution in [2.75, 3.05) is 18.8 Å². The fourth-order valence-electron chi connectivity index (χ4n) is 1.92. The van der Waals surface area contributed by atoms with Crippen LogP contribution in [-0.2, 0) is 10.0 Å². The van der Waals surface area contributed by atoms with Crippen molar-refractivity contribution in [1.82, 2.24) is 4.31 Å². The molecule has 1 aromatic carbocycles. The van der Waals surface area contributed by atoms with E-state index >= 15 is 0 Å². The molecular formula is C11H14BrClN2O3S. The van der Waals surface area contributed by atoms with Crippen LogP contribution in [0.1, 0.15) is 13.3 Å². The zero-order valence-electron chi connectivity index (χ0n) is 10.2. The molecule has 3 N–H and O–H groups in total. The summed E-state index contributed by atoms with van der Waals surface area (Å²) in [5.41, 5.74) is 5.03. The molecule has 19 heavy (non-hydrogen) atoms. The molecule has 0 aromatic heterocycles. The summed E-state index contributed by atoms with van der Waals surface area (Å²) >= 11 is 9.01. The molecule has 1 aliphatic rings. The van der Waals surface area contributed by atoms with Crippen LogP contribution in [0.15, 0.2) is 21.5 Å². The highest BCUT2D eigenvalue weighted by Gasteiger charge is 2.46. The van der Waals surface area contributed by atoms with Crippen LogP contribution in [0.25, 0.3) is 0 Å². The Kier molecular flexibility index (Phi) is 3.88. The lowest BCUT2D eigenvalue weighted by molar-refractivity contribution is -0.0613. The van der Waals surface area contributed by atoms with Gasteiger partial charge in [0.15, 0.2) is 0 Å². The van der Waals surface area contributed by atoms with Crippen LogP contribution >= 0.6 is 27.5 Å². The number of rotatable bonds is 3. The van der Waals surface area contributed by atoms with E-state index in [-0.39, 0.29) is 28.7 Å². The maximum absolute atomic E-state index is 12.4.